The van der Waals surface area contributed by atoms with E-state index in [2.05, 4.69) is 6.58 Å². The van der Waals surface area contributed by atoms with E-state index in [4.69, 9.17) is 19.9 Å². The standard InChI is InChI=1S/C34H34N4O6.Cu.3Na/c1-7-20-17(4)26-13-27-18(5)21(8-9-30(39)40)33(37-27)23(11-32(43)44)34-22(10-31(41)42)19(6)28(38-34)12-24-15(2)16(3)25(35-24)14-29(20)36-26;;;;/h7,12-14H,1,8-11H2,2-6H3,(H5,35,36,37,38,39,40,41,42,43,44);;;;/q;+2;3*+1/p-5. The third-order valence-corrected chi connectivity index (χ3v) is 8.40. The molecule has 0 fully saturated rings. The normalized spacial score (nSPS) is 11.9. The van der Waals surface area contributed by atoms with Crippen LogP contribution in [-0.4, -0.2) is 27.9 Å². The summed E-state index contributed by atoms with van der Waals surface area (Å²) in [5, 5.41) is 35.5. The number of hydrogen-bond acceptors (Lipinski definition) is 8. The molecule has 0 spiro atoms. The average molecular weight is 722 g/mol. The van der Waals surface area contributed by atoms with Crippen molar-refractivity contribution in [3.05, 3.63) is 81.4 Å². The summed E-state index contributed by atoms with van der Waals surface area (Å²) in [4.78, 5) is 54.8. The molecule has 0 saturated heterocycles. The van der Waals surface area contributed by atoms with Crippen LogP contribution < -0.4 is 114 Å². The minimum absolute atomic E-state index is 0. The molecule has 1 radical (unpaired) electrons. The van der Waals surface area contributed by atoms with E-state index in [0.29, 0.717) is 50.3 Å². The first-order chi connectivity index (χ1) is 20.8. The van der Waals surface area contributed by atoms with E-state index in [9.17, 15) is 29.7 Å². The molecule has 0 unspecified atom stereocenters. The van der Waals surface area contributed by atoms with E-state index in [1.54, 1.807) is 32.1 Å². The number of hydrogen-bond donors (Lipinski definition) is 0. The predicted molar refractivity (Wildman–Crippen MR) is 160 cm³/mol. The van der Waals surface area contributed by atoms with Crippen LogP contribution in [0.2, 0.25) is 0 Å². The minimum Gasteiger partial charge on any atom is -0.657 e. The summed E-state index contributed by atoms with van der Waals surface area (Å²) < 4.78 is 0. The van der Waals surface area contributed by atoms with Crippen molar-refractivity contribution in [2.75, 3.05) is 0 Å². The molecule has 0 aliphatic carbocycles. The van der Waals surface area contributed by atoms with Gasteiger partial charge in [0.2, 0.25) is 0 Å². The third kappa shape index (κ3) is 8.76. The second-order valence-corrected chi connectivity index (χ2v) is 11.0. The predicted octanol–water partition coefficient (Wildman–Crippen LogP) is -7.33. The second-order valence-electron chi connectivity index (χ2n) is 11.0. The van der Waals surface area contributed by atoms with E-state index in [1.807, 2.05) is 26.8 Å². The molecule has 8 bridgehead atoms. The summed E-state index contributed by atoms with van der Waals surface area (Å²) in [6, 6.07) is 5.39. The number of nitrogens with zero attached hydrogens (tertiary/aromatic N) is 4. The Morgan fingerprint density at radius 2 is 1.23 bits per heavy atom. The molecular weight excluding hydrogens is 693 g/mol. The first-order valence-corrected chi connectivity index (χ1v) is 14.1. The van der Waals surface area contributed by atoms with Gasteiger partial charge in [-0.1, -0.05) is 53.1 Å². The Morgan fingerprint density at radius 1 is 0.708 bits per heavy atom. The number of carbonyl (C=O) groups excluding carboxylic acids is 3. The quantitative estimate of drug-likeness (QED) is 0.203. The number of allylic oxidation sites excluding steroid dienone is 4. The van der Waals surface area contributed by atoms with Crippen molar-refractivity contribution in [2.45, 2.75) is 60.3 Å². The zero-order valence-electron chi connectivity index (χ0n) is 28.4. The van der Waals surface area contributed by atoms with Crippen LogP contribution in [0.3, 0.4) is 0 Å². The average Bonchev–Trinajstić information content (AvgIpc) is 3.61. The maximum atomic E-state index is 12.1. The molecule has 0 N–H and O–H groups in total. The van der Waals surface area contributed by atoms with Crippen molar-refractivity contribution >= 4 is 62.3 Å². The number of aromatic nitrogens is 4. The molecular formula is C34H29CuN4Na3O6. The zero-order chi connectivity index (χ0) is 32.0. The molecule has 2 aliphatic heterocycles. The van der Waals surface area contributed by atoms with Gasteiger partial charge in [0.25, 0.3) is 0 Å². The van der Waals surface area contributed by atoms with Gasteiger partial charge in [-0.3, -0.25) is 0 Å². The van der Waals surface area contributed by atoms with Crippen LogP contribution in [0.1, 0.15) is 77.3 Å². The van der Waals surface area contributed by atoms with Crippen molar-refractivity contribution in [1.29, 1.82) is 0 Å². The molecule has 0 saturated carbocycles. The summed E-state index contributed by atoms with van der Waals surface area (Å²) in [5.41, 5.74) is 9.28. The second kappa shape index (κ2) is 18.0. The van der Waals surface area contributed by atoms with Crippen molar-refractivity contribution in [3.63, 3.8) is 0 Å². The van der Waals surface area contributed by atoms with Crippen molar-refractivity contribution in [2.24, 2.45) is 0 Å². The first-order valence-electron chi connectivity index (χ1n) is 14.1. The zero-order valence-corrected chi connectivity index (χ0v) is 35.3. The molecule has 235 valence electrons. The molecule has 2 aliphatic rings. The van der Waals surface area contributed by atoms with Gasteiger partial charge in [0.1, 0.15) is 0 Å². The first kappa shape index (κ1) is 44.3. The van der Waals surface area contributed by atoms with Crippen LogP contribution in [0.15, 0.2) is 30.9 Å². The van der Waals surface area contributed by atoms with Crippen LogP contribution in [0.4, 0.5) is 0 Å². The van der Waals surface area contributed by atoms with Crippen molar-refractivity contribution < 1.29 is 135 Å². The van der Waals surface area contributed by atoms with Crippen molar-refractivity contribution in [3.8, 4) is 0 Å². The molecule has 10 nitrogen and oxygen atoms in total. The van der Waals surface area contributed by atoms with Gasteiger partial charge < -0.3 is 39.7 Å². The molecule has 3 aromatic rings. The fraction of sp³-hybridized carbons (Fsp3) is 0.265. The topological polar surface area (TPSA) is 174 Å². The Morgan fingerprint density at radius 3 is 1.75 bits per heavy atom. The Labute approximate surface area is 355 Å². The van der Waals surface area contributed by atoms with E-state index in [0.717, 1.165) is 22.3 Å². The number of carboxylic acid groups (broad SMARTS) is 3. The number of carboxylic acids is 3. The Bertz CT molecular complexity index is 2050. The van der Waals surface area contributed by atoms with Gasteiger partial charge in [0.15, 0.2) is 0 Å². The van der Waals surface area contributed by atoms with Crippen LogP contribution in [0.25, 0.3) is 44.4 Å². The smallest absolute Gasteiger partial charge is 0.657 e. The summed E-state index contributed by atoms with van der Waals surface area (Å²) in [6.45, 7) is 13.2. The molecule has 5 heterocycles. The number of aryl methyl sites for hydroxylation is 4. The summed E-state index contributed by atoms with van der Waals surface area (Å²) in [6.07, 6.45) is 0.211. The molecule has 0 atom stereocenters. The van der Waals surface area contributed by atoms with E-state index in [-0.39, 0.29) is 141 Å². The van der Waals surface area contributed by atoms with E-state index >= 15 is 0 Å². The van der Waals surface area contributed by atoms with Crippen molar-refractivity contribution in [1.82, 2.24) is 19.9 Å². The summed E-state index contributed by atoms with van der Waals surface area (Å²) >= 11 is 0. The fourth-order valence-electron chi connectivity index (χ4n) is 5.77. The van der Waals surface area contributed by atoms with Gasteiger partial charge in [0.05, 0.1) is 22.8 Å². The van der Waals surface area contributed by atoms with Gasteiger partial charge in [0, 0.05) is 36.3 Å². The van der Waals surface area contributed by atoms with Crippen LogP contribution in [0.5, 0.6) is 0 Å². The van der Waals surface area contributed by atoms with E-state index in [1.165, 1.54) is 0 Å². The van der Waals surface area contributed by atoms with Crippen LogP contribution in [-0.2, 0) is 44.3 Å². The molecule has 0 amide bonds. The maximum absolute atomic E-state index is 12.1. The minimum atomic E-state index is -1.44. The largest absolute Gasteiger partial charge is 2.00 e. The van der Waals surface area contributed by atoms with Gasteiger partial charge in [-0.25, -0.2) is 9.97 Å². The Kier molecular flexibility index (Phi) is 16.6. The van der Waals surface area contributed by atoms with E-state index < -0.39 is 30.7 Å². The Balaban J connectivity index is 0.00000288. The molecule has 3 aromatic heterocycles. The van der Waals surface area contributed by atoms with Gasteiger partial charge >= 0.3 is 106 Å². The Hall–Kier alpha value is -1.73. The fourth-order valence-corrected chi connectivity index (χ4v) is 5.77. The van der Waals surface area contributed by atoms with Crippen LogP contribution >= 0.6 is 0 Å². The molecule has 48 heavy (non-hydrogen) atoms. The number of fused-ring (bicyclic) bond motifs is 8. The number of carbonyl (C=O) groups is 3. The summed E-state index contributed by atoms with van der Waals surface area (Å²) in [5.74, 6) is -4.09. The van der Waals surface area contributed by atoms with Gasteiger partial charge in [-0.05, 0) is 69.7 Å². The number of aliphatic carboxylic acids is 3. The summed E-state index contributed by atoms with van der Waals surface area (Å²) in [7, 11) is 0. The number of rotatable bonds is 8. The monoisotopic (exact) mass is 721 g/mol. The molecule has 14 heteroatoms. The van der Waals surface area contributed by atoms with Gasteiger partial charge in [-0.15, -0.1) is 22.1 Å². The van der Waals surface area contributed by atoms with Crippen LogP contribution in [0, 0.1) is 20.8 Å². The molecule has 0 aromatic carbocycles. The maximum Gasteiger partial charge on any atom is 2.00 e. The third-order valence-electron chi connectivity index (χ3n) is 8.40. The van der Waals surface area contributed by atoms with Gasteiger partial charge in [-0.2, -0.15) is 0 Å². The molecule has 5 rings (SSSR count). The SMILES string of the molecule is C=CC1=C(C)c2cc3[n-]c(c(CC(=O)[O-])c4nc(cc5[n-]c(cc1n2)c(C)c5C)C(C)=C4CC(=O)[O-])c(CCC(=O)[O-])c3C.[Cu+2].[Na+].[Na+].[Na+].